The first-order chi connectivity index (χ1) is 6.72. The fraction of sp³-hybridized carbons (Fsp3) is 0.200. The molecule has 0 amide bonds. The predicted octanol–water partition coefficient (Wildman–Crippen LogP) is 2.63. The molecule has 1 aromatic carbocycles. The van der Waals surface area contributed by atoms with E-state index in [1.54, 1.807) is 0 Å². The Hall–Kier alpha value is -1.35. The Kier molecular flexibility index (Phi) is 2.25. The van der Waals surface area contributed by atoms with Crippen molar-refractivity contribution < 1.29 is 0 Å². The molecule has 2 aromatic rings. The average molecular weight is 208 g/mol. The van der Waals surface area contributed by atoms with Gasteiger partial charge in [0.2, 0.25) is 0 Å². The lowest BCUT2D eigenvalue weighted by Crippen LogP contribution is -1.96. The highest BCUT2D eigenvalue weighted by atomic mass is 35.5. The van der Waals surface area contributed by atoms with E-state index in [2.05, 4.69) is 15.5 Å². The zero-order valence-electron chi connectivity index (χ0n) is 8.00. The number of hydrogen-bond donors (Lipinski definition) is 1. The zero-order valence-corrected chi connectivity index (χ0v) is 8.76. The third-order valence-electron chi connectivity index (χ3n) is 2.13. The van der Waals surface area contributed by atoms with E-state index in [9.17, 15) is 0 Å². The Morgan fingerprint density at radius 2 is 2.00 bits per heavy atom. The normalized spacial score (nSPS) is 10.5. The third kappa shape index (κ3) is 1.40. The number of fused-ring (bicyclic) bond motifs is 1. The van der Waals surface area contributed by atoms with Crippen molar-refractivity contribution in [1.29, 1.82) is 0 Å². The predicted molar refractivity (Wildman–Crippen MR) is 58.8 cm³/mol. The Balaban J connectivity index is 2.84. The summed E-state index contributed by atoms with van der Waals surface area (Å²) in [5.41, 5.74) is 1.16. The number of nitrogens with one attached hydrogen (secondary N) is 1. The number of benzene rings is 1. The molecule has 0 aliphatic heterocycles. The van der Waals surface area contributed by atoms with Crippen LogP contribution in [0, 0.1) is 6.92 Å². The molecular formula is C10H10ClN3. The first-order valence-corrected chi connectivity index (χ1v) is 4.70. The van der Waals surface area contributed by atoms with Crippen LogP contribution in [-0.2, 0) is 0 Å². The van der Waals surface area contributed by atoms with Crippen molar-refractivity contribution >= 4 is 28.2 Å². The summed E-state index contributed by atoms with van der Waals surface area (Å²) in [6, 6.07) is 6.03. The Morgan fingerprint density at radius 3 is 2.71 bits per heavy atom. The summed E-state index contributed by atoms with van der Waals surface area (Å²) < 4.78 is 0. The number of rotatable bonds is 1. The first-order valence-electron chi connectivity index (χ1n) is 4.32. The van der Waals surface area contributed by atoms with Gasteiger partial charge in [-0.2, -0.15) is 0 Å². The summed E-state index contributed by atoms with van der Waals surface area (Å²) in [5, 5.41) is 13.2. The zero-order chi connectivity index (χ0) is 10.1. The second-order valence-electron chi connectivity index (χ2n) is 3.14. The van der Waals surface area contributed by atoms with Gasteiger partial charge in [-0.1, -0.05) is 29.3 Å². The van der Waals surface area contributed by atoms with Crippen LogP contribution in [0.1, 0.15) is 5.56 Å². The molecule has 1 N–H and O–H groups in total. The molecule has 0 saturated carbocycles. The molecule has 0 aliphatic rings. The number of aryl methyl sites for hydroxylation is 1. The number of aromatic nitrogens is 2. The smallest absolute Gasteiger partial charge is 0.159 e. The molecule has 0 bridgehead atoms. The maximum Gasteiger partial charge on any atom is 0.159 e. The van der Waals surface area contributed by atoms with Gasteiger partial charge in [0.05, 0.1) is 0 Å². The average Bonchev–Trinajstić information content (AvgIpc) is 2.19. The molecule has 0 fully saturated rings. The van der Waals surface area contributed by atoms with Crippen LogP contribution in [-0.4, -0.2) is 17.2 Å². The summed E-state index contributed by atoms with van der Waals surface area (Å²) in [5.74, 6) is 0.754. The second-order valence-corrected chi connectivity index (χ2v) is 3.50. The highest BCUT2D eigenvalue weighted by Crippen LogP contribution is 2.26. The fourth-order valence-electron chi connectivity index (χ4n) is 1.42. The molecule has 0 spiro atoms. The second kappa shape index (κ2) is 3.42. The van der Waals surface area contributed by atoms with Crippen LogP contribution in [0.5, 0.6) is 0 Å². The first kappa shape index (κ1) is 9.21. The molecule has 2 rings (SSSR count). The summed E-state index contributed by atoms with van der Waals surface area (Å²) in [7, 11) is 1.82. The lowest BCUT2D eigenvalue weighted by molar-refractivity contribution is 1.05. The molecule has 4 heteroatoms. The van der Waals surface area contributed by atoms with Gasteiger partial charge in [0.25, 0.3) is 0 Å². The van der Waals surface area contributed by atoms with Crippen LogP contribution < -0.4 is 5.32 Å². The maximum atomic E-state index is 5.96. The van der Waals surface area contributed by atoms with E-state index < -0.39 is 0 Å². The highest BCUT2D eigenvalue weighted by molar-refractivity contribution is 6.34. The van der Waals surface area contributed by atoms with E-state index >= 15 is 0 Å². The number of nitrogens with zero attached hydrogens (tertiary/aromatic N) is 2. The van der Waals surface area contributed by atoms with Crippen molar-refractivity contribution in [1.82, 2.24) is 10.2 Å². The largest absolute Gasteiger partial charge is 0.371 e. The van der Waals surface area contributed by atoms with E-state index in [-0.39, 0.29) is 0 Å². The van der Waals surface area contributed by atoms with Gasteiger partial charge in [-0.3, -0.25) is 0 Å². The summed E-state index contributed by atoms with van der Waals surface area (Å²) in [6.07, 6.45) is 0. The van der Waals surface area contributed by atoms with E-state index in [4.69, 9.17) is 11.6 Å². The quantitative estimate of drug-likeness (QED) is 0.781. The summed E-state index contributed by atoms with van der Waals surface area (Å²) in [6.45, 7) is 2.02. The minimum Gasteiger partial charge on any atom is -0.371 e. The SMILES string of the molecule is CNc1nnc(Cl)c2cc(C)ccc12. The summed E-state index contributed by atoms with van der Waals surface area (Å²) in [4.78, 5) is 0. The van der Waals surface area contributed by atoms with Gasteiger partial charge in [-0.05, 0) is 13.0 Å². The van der Waals surface area contributed by atoms with E-state index in [0.29, 0.717) is 5.15 Å². The highest BCUT2D eigenvalue weighted by Gasteiger charge is 2.05. The number of anilines is 1. The van der Waals surface area contributed by atoms with Crippen molar-refractivity contribution in [3.8, 4) is 0 Å². The third-order valence-corrected chi connectivity index (χ3v) is 2.41. The van der Waals surface area contributed by atoms with Gasteiger partial charge in [0.15, 0.2) is 11.0 Å². The van der Waals surface area contributed by atoms with Crippen LogP contribution in [0.25, 0.3) is 10.8 Å². The fourth-order valence-corrected chi connectivity index (χ4v) is 1.62. The maximum absolute atomic E-state index is 5.96. The molecular weight excluding hydrogens is 198 g/mol. The van der Waals surface area contributed by atoms with Crippen LogP contribution in [0.15, 0.2) is 18.2 Å². The van der Waals surface area contributed by atoms with Crippen molar-refractivity contribution in [2.24, 2.45) is 0 Å². The van der Waals surface area contributed by atoms with E-state index in [1.807, 2.05) is 32.2 Å². The number of hydrogen-bond acceptors (Lipinski definition) is 3. The van der Waals surface area contributed by atoms with Crippen molar-refractivity contribution in [3.63, 3.8) is 0 Å². The van der Waals surface area contributed by atoms with Crippen LogP contribution >= 0.6 is 11.6 Å². The van der Waals surface area contributed by atoms with Crippen molar-refractivity contribution in [2.75, 3.05) is 12.4 Å². The lowest BCUT2D eigenvalue weighted by Gasteiger charge is -2.05. The van der Waals surface area contributed by atoms with Crippen LogP contribution in [0.3, 0.4) is 0 Å². The van der Waals surface area contributed by atoms with Crippen molar-refractivity contribution in [2.45, 2.75) is 6.92 Å². The Labute approximate surface area is 87.1 Å². The molecule has 72 valence electrons. The minimum atomic E-state index is 0.447. The topological polar surface area (TPSA) is 37.8 Å². The molecule has 0 aliphatic carbocycles. The van der Waals surface area contributed by atoms with Gasteiger partial charge in [0.1, 0.15) is 0 Å². The Bertz CT molecular complexity index is 482. The Morgan fingerprint density at radius 1 is 1.21 bits per heavy atom. The molecule has 14 heavy (non-hydrogen) atoms. The molecule has 1 aromatic heterocycles. The summed E-state index contributed by atoms with van der Waals surface area (Å²) >= 11 is 5.96. The van der Waals surface area contributed by atoms with Gasteiger partial charge in [-0.15, -0.1) is 10.2 Å². The van der Waals surface area contributed by atoms with E-state index in [0.717, 1.165) is 22.2 Å². The van der Waals surface area contributed by atoms with E-state index in [1.165, 1.54) is 0 Å². The lowest BCUT2D eigenvalue weighted by atomic mass is 10.1. The monoisotopic (exact) mass is 207 g/mol. The van der Waals surface area contributed by atoms with Gasteiger partial charge in [-0.25, -0.2) is 0 Å². The molecule has 3 nitrogen and oxygen atoms in total. The standard InChI is InChI=1S/C10H10ClN3/c1-6-3-4-7-8(5-6)9(11)13-14-10(7)12-2/h3-5H,1-2H3,(H,12,14). The van der Waals surface area contributed by atoms with Crippen molar-refractivity contribution in [3.05, 3.63) is 28.9 Å². The minimum absolute atomic E-state index is 0.447. The van der Waals surface area contributed by atoms with Gasteiger partial charge < -0.3 is 5.32 Å². The molecule has 0 saturated heterocycles. The molecule has 1 heterocycles. The number of halogens is 1. The van der Waals surface area contributed by atoms with Gasteiger partial charge in [0, 0.05) is 17.8 Å². The van der Waals surface area contributed by atoms with Crippen LogP contribution in [0.2, 0.25) is 5.15 Å². The van der Waals surface area contributed by atoms with Crippen LogP contribution in [0.4, 0.5) is 5.82 Å². The molecule has 0 unspecified atom stereocenters. The van der Waals surface area contributed by atoms with Gasteiger partial charge >= 0.3 is 0 Å². The molecule has 0 atom stereocenters. The molecule has 0 radical (unpaired) electrons.